The van der Waals surface area contributed by atoms with Gasteiger partial charge in [0.2, 0.25) is 10.0 Å². The minimum atomic E-state index is -3.99. The fraction of sp³-hybridized carbons (Fsp3) is 0.333. The summed E-state index contributed by atoms with van der Waals surface area (Å²) in [7, 11) is -2.52. The number of ether oxygens (including phenoxy) is 2. The Morgan fingerprint density at radius 1 is 1.05 bits per heavy atom. The summed E-state index contributed by atoms with van der Waals surface area (Å²) in [5.74, 6) is -1.01. The molecule has 1 fully saturated rings. The van der Waals surface area contributed by atoms with Crippen LogP contribution in [-0.4, -0.2) is 85.5 Å². The summed E-state index contributed by atoms with van der Waals surface area (Å²) < 4.78 is 38.4. The molecule has 3 aromatic rings. The summed E-state index contributed by atoms with van der Waals surface area (Å²) in [6.07, 6.45) is 0. The lowest BCUT2D eigenvalue weighted by atomic mass is 10.1. The number of benzene rings is 2. The third kappa shape index (κ3) is 6.29. The van der Waals surface area contributed by atoms with Crippen LogP contribution in [0.4, 0.5) is 0 Å². The van der Waals surface area contributed by atoms with E-state index in [9.17, 15) is 18.0 Å². The van der Waals surface area contributed by atoms with Crippen molar-refractivity contribution in [2.45, 2.75) is 24.8 Å². The van der Waals surface area contributed by atoms with Gasteiger partial charge >= 0.3 is 5.97 Å². The van der Waals surface area contributed by atoms with Gasteiger partial charge in [0.05, 0.1) is 17.3 Å². The molecule has 4 rings (SSSR count). The Kier molecular flexibility index (Phi) is 9.42. The van der Waals surface area contributed by atoms with E-state index in [-0.39, 0.29) is 70.6 Å². The number of esters is 1. The Balaban J connectivity index is 1.65. The van der Waals surface area contributed by atoms with Crippen molar-refractivity contribution in [3.8, 4) is 11.4 Å². The second-order valence-corrected chi connectivity index (χ2v) is 11.8. The number of sulfonamides is 1. The highest BCUT2D eigenvalue weighted by molar-refractivity contribution is 7.89. The Hall–Kier alpha value is -3.09. The van der Waals surface area contributed by atoms with Crippen LogP contribution in [0.2, 0.25) is 10.0 Å². The van der Waals surface area contributed by atoms with E-state index in [1.165, 1.54) is 34.5 Å². The van der Waals surface area contributed by atoms with Gasteiger partial charge < -0.3 is 14.4 Å². The van der Waals surface area contributed by atoms with Gasteiger partial charge in [-0.1, -0.05) is 53.5 Å². The highest BCUT2D eigenvalue weighted by Crippen LogP contribution is 2.30. The van der Waals surface area contributed by atoms with E-state index in [4.69, 9.17) is 32.7 Å². The maximum absolute atomic E-state index is 13.9. The fourth-order valence-electron chi connectivity index (χ4n) is 4.41. The van der Waals surface area contributed by atoms with E-state index >= 15 is 0 Å². The Bertz CT molecular complexity index is 1520. The third-order valence-electron chi connectivity index (χ3n) is 6.38. The molecule has 212 valence electrons. The first-order chi connectivity index (χ1) is 19.0. The molecular formula is C27H28Cl2N4O6S. The van der Waals surface area contributed by atoms with Crippen molar-refractivity contribution in [3.63, 3.8) is 0 Å². The van der Waals surface area contributed by atoms with Crippen molar-refractivity contribution in [2.24, 2.45) is 0 Å². The SMILES string of the molecule is COCCOC(=O)c1c(C)nc(-c2ccccc2)nc1C(=O)N1CCN(S(=O)(=O)c2cc(Cl)ccc2Cl)C(C)C1. The van der Waals surface area contributed by atoms with Crippen LogP contribution in [0, 0.1) is 6.92 Å². The zero-order valence-electron chi connectivity index (χ0n) is 22.1. The van der Waals surface area contributed by atoms with Crippen LogP contribution >= 0.6 is 23.2 Å². The van der Waals surface area contributed by atoms with E-state index in [1.54, 1.807) is 26.0 Å². The quantitative estimate of drug-likeness (QED) is 0.278. The highest BCUT2D eigenvalue weighted by Gasteiger charge is 2.38. The molecule has 1 aromatic heterocycles. The van der Waals surface area contributed by atoms with Crippen molar-refractivity contribution in [1.29, 1.82) is 0 Å². The molecule has 2 aromatic carbocycles. The number of aryl methyl sites for hydroxylation is 1. The first-order valence-corrected chi connectivity index (χ1v) is 14.6. The van der Waals surface area contributed by atoms with Crippen LogP contribution in [0.25, 0.3) is 11.4 Å². The molecule has 0 bridgehead atoms. The average Bonchev–Trinajstić information content (AvgIpc) is 2.93. The number of carbonyl (C=O) groups is 2. The number of hydrogen-bond acceptors (Lipinski definition) is 8. The number of aromatic nitrogens is 2. The largest absolute Gasteiger partial charge is 0.460 e. The van der Waals surface area contributed by atoms with Gasteiger partial charge in [-0.15, -0.1) is 0 Å². The van der Waals surface area contributed by atoms with Gasteiger partial charge in [0.25, 0.3) is 5.91 Å². The standard InChI is InChI=1S/C27H28Cl2N4O6S/c1-17-16-32(11-12-33(17)40(36,37)22-15-20(28)9-10-21(22)29)26(34)24-23(27(35)39-14-13-38-3)18(2)30-25(31-24)19-7-5-4-6-8-19/h4-10,15,17H,11-14,16H2,1-3H3. The van der Waals surface area contributed by atoms with Crippen molar-refractivity contribution >= 4 is 45.1 Å². The van der Waals surface area contributed by atoms with Crippen molar-refractivity contribution < 1.29 is 27.5 Å². The van der Waals surface area contributed by atoms with Crippen LogP contribution in [0.1, 0.15) is 33.5 Å². The summed E-state index contributed by atoms with van der Waals surface area (Å²) >= 11 is 12.2. The Labute approximate surface area is 242 Å². The Morgan fingerprint density at radius 3 is 2.45 bits per heavy atom. The lowest BCUT2D eigenvalue weighted by molar-refractivity contribution is 0.0379. The van der Waals surface area contributed by atoms with Crippen LogP contribution in [0.5, 0.6) is 0 Å². The highest BCUT2D eigenvalue weighted by atomic mass is 35.5. The molecule has 1 amide bonds. The zero-order chi connectivity index (χ0) is 29.0. The van der Waals surface area contributed by atoms with E-state index in [1.807, 2.05) is 18.2 Å². The van der Waals surface area contributed by atoms with Crippen LogP contribution in [0.3, 0.4) is 0 Å². The molecule has 0 aliphatic carbocycles. The molecular weight excluding hydrogens is 579 g/mol. The fourth-order valence-corrected chi connectivity index (χ4v) is 6.76. The maximum Gasteiger partial charge on any atom is 0.342 e. The van der Waals surface area contributed by atoms with Crippen LogP contribution in [0.15, 0.2) is 53.4 Å². The molecule has 0 spiro atoms. The second-order valence-electron chi connectivity index (χ2n) is 9.14. The summed E-state index contributed by atoms with van der Waals surface area (Å²) in [5.41, 5.74) is 0.787. The number of halogens is 2. The van der Waals surface area contributed by atoms with Crippen LogP contribution in [-0.2, 0) is 19.5 Å². The molecule has 1 aliphatic heterocycles. The van der Waals surface area contributed by atoms with Gasteiger partial charge in [0, 0.05) is 43.4 Å². The number of rotatable bonds is 8. The van der Waals surface area contributed by atoms with E-state index in [0.717, 1.165) is 0 Å². The van der Waals surface area contributed by atoms with E-state index < -0.39 is 27.9 Å². The summed E-state index contributed by atoms with van der Waals surface area (Å²) in [6.45, 7) is 3.58. The van der Waals surface area contributed by atoms with Gasteiger partial charge in [-0.2, -0.15) is 4.31 Å². The minimum Gasteiger partial charge on any atom is -0.460 e. The molecule has 0 saturated carbocycles. The number of amides is 1. The predicted molar refractivity (Wildman–Crippen MR) is 150 cm³/mol. The molecule has 13 heteroatoms. The molecule has 1 saturated heterocycles. The molecule has 0 N–H and O–H groups in total. The van der Waals surface area contributed by atoms with E-state index in [2.05, 4.69) is 9.97 Å². The van der Waals surface area contributed by atoms with Gasteiger partial charge in [0.1, 0.15) is 22.8 Å². The van der Waals surface area contributed by atoms with Gasteiger partial charge in [-0.25, -0.2) is 23.2 Å². The molecule has 1 unspecified atom stereocenters. The lowest BCUT2D eigenvalue weighted by Crippen LogP contribution is -2.55. The van der Waals surface area contributed by atoms with Crippen LogP contribution < -0.4 is 0 Å². The first kappa shape index (κ1) is 29.9. The van der Waals surface area contributed by atoms with Crippen molar-refractivity contribution in [2.75, 3.05) is 40.0 Å². The molecule has 2 heterocycles. The molecule has 40 heavy (non-hydrogen) atoms. The number of carbonyl (C=O) groups excluding carboxylic acids is 2. The number of methoxy groups -OCH3 is 1. The maximum atomic E-state index is 13.9. The van der Waals surface area contributed by atoms with Crippen molar-refractivity contribution in [1.82, 2.24) is 19.2 Å². The number of nitrogens with zero attached hydrogens (tertiary/aromatic N) is 4. The number of piperazine rings is 1. The Morgan fingerprint density at radius 2 is 1.77 bits per heavy atom. The van der Waals surface area contributed by atoms with Gasteiger partial charge in [-0.3, -0.25) is 4.79 Å². The molecule has 1 atom stereocenters. The van der Waals surface area contributed by atoms with Gasteiger partial charge in [0.15, 0.2) is 5.82 Å². The molecule has 0 radical (unpaired) electrons. The predicted octanol–water partition coefficient (Wildman–Crippen LogP) is 4.10. The molecule has 10 nitrogen and oxygen atoms in total. The summed E-state index contributed by atoms with van der Waals surface area (Å²) in [6, 6.07) is 12.7. The third-order valence-corrected chi connectivity index (χ3v) is 9.11. The van der Waals surface area contributed by atoms with Gasteiger partial charge in [-0.05, 0) is 32.0 Å². The summed E-state index contributed by atoms with van der Waals surface area (Å²) in [4.78, 5) is 37.2. The topological polar surface area (TPSA) is 119 Å². The summed E-state index contributed by atoms with van der Waals surface area (Å²) in [5, 5.41) is 0.291. The molecule has 1 aliphatic rings. The zero-order valence-corrected chi connectivity index (χ0v) is 24.5. The normalized spacial score (nSPS) is 16.1. The smallest absolute Gasteiger partial charge is 0.342 e. The minimum absolute atomic E-state index is 0.00130. The number of hydrogen-bond donors (Lipinski definition) is 0. The average molecular weight is 608 g/mol. The monoisotopic (exact) mass is 606 g/mol. The van der Waals surface area contributed by atoms with Crippen molar-refractivity contribution in [3.05, 3.63) is 75.5 Å². The second kappa shape index (κ2) is 12.6. The lowest BCUT2D eigenvalue weighted by Gasteiger charge is -2.39. The first-order valence-electron chi connectivity index (χ1n) is 12.4. The van der Waals surface area contributed by atoms with E-state index in [0.29, 0.717) is 5.56 Å².